The van der Waals surface area contributed by atoms with Crippen molar-refractivity contribution < 1.29 is 28.3 Å². The molecule has 0 radical (unpaired) electrons. The molecule has 0 bridgehead atoms. The van der Waals surface area contributed by atoms with Gasteiger partial charge in [-0.3, -0.25) is 4.79 Å². The minimum absolute atomic E-state index is 0.163. The highest BCUT2D eigenvalue weighted by Gasteiger charge is 2.19. The number of amides is 1. The van der Waals surface area contributed by atoms with Crippen LogP contribution in [0.2, 0.25) is 0 Å². The van der Waals surface area contributed by atoms with Crippen LogP contribution in [0.1, 0.15) is 22.7 Å². The van der Waals surface area contributed by atoms with Crippen LogP contribution < -0.4 is 19.5 Å². The summed E-state index contributed by atoms with van der Waals surface area (Å²) in [5, 5.41) is 6.63. The van der Waals surface area contributed by atoms with E-state index in [1.165, 1.54) is 0 Å². The summed E-state index contributed by atoms with van der Waals surface area (Å²) >= 11 is 0. The molecule has 2 aromatic rings. The van der Waals surface area contributed by atoms with Gasteiger partial charge in [-0.15, -0.1) is 0 Å². The summed E-state index contributed by atoms with van der Waals surface area (Å²) in [6.07, 6.45) is 0.966. The molecule has 0 saturated carbocycles. The number of carbonyl (C=O) groups is 1. The van der Waals surface area contributed by atoms with Gasteiger partial charge in [0.15, 0.2) is 23.0 Å². The van der Waals surface area contributed by atoms with Gasteiger partial charge in [-0.25, -0.2) is 0 Å². The number of benzene rings is 1. The summed E-state index contributed by atoms with van der Waals surface area (Å²) in [7, 11) is 0. The minimum Gasteiger partial charge on any atom is -0.485 e. The van der Waals surface area contributed by atoms with Gasteiger partial charge < -0.3 is 28.8 Å². The van der Waals surface area contributed by atoms with Crippen molar-refractivity contribution in [1.29, 1.82) is 0 Å². The van der Waals surface area contributed by atoms with Crippen molar-refractivity contribution >= 4 is 5.91 Å². The number of hydrogen-bond acceptors (Lipinski definition) is 7. The summed E-state index contributed by atoms with van der Waals surface area (Å²) in [4.78, 5) is 12.1. The van der Waals surface area contributed by atoms with Crippen molar-refractivity contribution in [3.63, 3.8) is 0 Å². The van der Waals surface area contributed by atoms with Gasteiger partial charge in [-0.1, -0.05) is 5.16 Å². The van der Waals surface area contributed by atoms with E-state index in [9.17, 15) is 4.79 Å². The van der Waals surface area contributed by atoms with Crippen LogP contribution in [-0.2, 0) is 11.3 Å². The number of nitrogens with one attached hydrogen (secondary N) is 1. The van der Waals surface area contributed by atoms with Crippen LogP contribution in [0.5, 0.6) is 17.2 Å². The Morgan fingerprint density at radius 2 is 2.20 bits per heavy atom. The number of hydrogen-bond donors (Lipinski definition) is 1. The van der Waals surface area contributed by atoms with Gasteiger partial charge in [0.25, 0.3) is 5.91 Å². The van der Waals surface area contributed by atoms with Crippen LogP contribution in [0.25, 0.3) is 0 Å². The first-order chi connectivity index (χ1) is 12.3. The van der Waals surface area contributed by atoms with Gasteiger partial charge in [-0.2, -0.15) is 0 Å². The number of aromatic nitrogens is 1. The van der Waals surface area contributed by atoms with E-state index in [0.29, 0.717) is 42.1 Å². The average molecular weight is 346 g/mol. The highest BCUT2D eigenvalue weighted by Crippen LogP contribution is 2.35. The summed E-state index contributed by atoms with van der Waals surface area (Å²) in [5.74, 6) is 2.53. The standard InChI is InChI=1S/C17H18N2O6/c20-17(18-7-11-3-4-21-8-11)14-5-13(25-19-14)9-22-12-1-2-15-16(6-12)24-10-23-15/h1-2,5-6,11H,3-4,7-10H2,(H,18,20). The molecule has 25 heavy (non-hydrogen) atoms. The fraction of sp³-hybridized carbons (Fsp3) is 0.412. The molecule has 2 aliphatic rings. The third kappa shape index (κ3) is 3.69. The summed E-state index contributed by atoms with van der Waals surface area (Å²) < 4.78 is 26.6. The molecule has 0 aliphatic carbocycles. The highest BCUT2D eigenvalue weighted by molar-refractivity contribution is 5.92. The van der Waals surface area contributed by atoms with Gasteiger partial charge in [0, 0.05) is 31.2 Å². The van der Waals surface area contributed by atoms with E-state index in [4.69, 9.17) is 23.5 Å². The van der Waals surface area contributed by atoms with Gasteiger partial charge in [0.2, 0.25) is 6.79 Å². The third-order valence-electron chi connectivity index (χ3n) is 4.09. The van der Waals surface area contributed by atoms with Crippen LogP contribution in [0, 0.1) is 5.92 Å². The largest absolute Gasteiger partial charge is 0.485 e. The van der Waals surface area contributed by atoms with Gasteiger partial charge in [-0.05, 0) is 18.6 Å². The molecule has 4 rings (SSSR count). The van der Waals surface area contributed by atoms with Crippen molar-refractivity contribution in [3.05, 3.63) is 35.7 Å². The van der Waals surface area contributed by atoms with E-state index in [0.717, 1.165) is 13.0 Å². The first-order valence-electron chi connectivity index (χ1n) is 8.12. The van der Waals surface area contributed by atoms with Crippen molar-refractivity contribution in [2.45, 2.75) is 13.0 Å². The quantitative estimate of drug-likeness (QED) is 0.852. The molecule has 1 saturated heterocycles. The molecular formula is C17H18N2O6. The van der Waals surface area contributed by atoms with Crippen molar-refractivity contribution in [2.24, 2.45) is 5.92 Å². The second kappa shape index (κ2) is 7.02. The molecule has 1 atom stereocenters. The lowest BCUT2D eigenvalue weighted by molar-refractivity contribution is 0.0935. The number of rotatable bonds is 6. The fourth-order valence-electron chi connectivity index (χ4n) is 2.68. The summed E-state index contributed by atoms with van der Waals surface area (Å²) in [6.45, 7) is 2.40. The first-order valence-corrected chi connectivity index (χ1v) is 8.12. The molecule has 1 aromatic heterocycles. The fourth-order valence-corrected chi connectivity index (χ4v) is 2.68. The second-order valence-corrected chi connectivity index (χ2v) is 5.92. The van der Waals surface area contributed by atoms with Crippen molar-refractivity contribution in [1.82, 2.24) is 10.5 Å². The number of fused-ring (bicyclic) bond motifs is 1. The Bertz CT molecular complexity index is 753. The smallest absolute Gasteiger partial charge is 0.273 e. The van der Waals surface area contributed by atoms with Crippen molar-refractivity contribution in [3.8, 4) is 17.2 Å². The monoisotopic (exact) mass is 346 g/mol. The van der Waals surface area contributed by atoms with Crippen LogP contribution in [0.4, 0.5) is 0 Å². The molecular weight excluding hydrogens is 328 g/mol. The summed E-state index contributed by atoms with van der Waals surface area (Å²) in [6, 6.07) is 6.88. The molecule has 1 fully saturated rings. The molecule has 8 nitrogen and oxygen atoms in total. The zero-order chi connectivity index (χ0) is 17.1. The lowest BCUT2D eigenvalue weighted by atomic mass is 10.1. The third-order valence-corrected chi connectivity index (χ3v) is 4.09. The van der Waals surface area contributed by atoms with Gasteiger partial charge in [0.1, 0.15) is 12.4 Å². The Morgan fingerprint density at radius 3 is 3.08 bits per heavy atom. The summed E-state index contributed by atoms with van der Waals surface area (Å²) in [5.41, 5.74) is 0.239. The first kappa shape index (κ1) is 15.8. The molecule has 1 N–H and O–H groups in total. The molecule has 132 valence electrons. The van der Waals surface area contributed by atoms with E-state index in [2.05, 4.69) is 10.5 Å². The normalized spacial score (nSPS) is 18.3. The minimum atomic E-state index is -0.259. The van der Waals surface area contributed by atoms with Gasteiger partial charge >= 0.3 is 0 Å². The van der Waals surface area contributed by atoms with E-state index in [1.807, 2.05) is 0 Å². The van der Waals surface area contributed by atoms with E-state index in [1.54, 1.807) is 24.3 Å². The van der Waals surface area contributed by atoms with E-state index >= 15 is 0 Å². The Kier molecular flexibility index (Phi) is 4.43. The van der Waals surface area contributed by atoms with Crippen molar-refractivity contribution in [2.75, 3.05) is 26.6 Å². The highest BCUT2D eigenvalue weighted by atomic mass is 16.7. The molecule has 2 aliphatic heterocycles. The average Bonchev–Trinajstić information content (AvgIpc) is 3.39. The van der Waals surface area contributed by atoms with Crippen LogP contribution >= 0.6 is 0 Å². The SMILES string of the molecule is O=C(NCC1CCOC1)c1cc(COc2ccc3c(c2)OCO3)on1. The Balaban J connectivity index is 1.29. The lowest BCUT2D eigenvalue weighted by Crippen LogP contribution is -2.29. The van der Waals surface area contributed by atoms with E-state index in [-0.39, 0.29) is 25.0 Å². The number of nitrogens with zero attached hydrogens (tertiary/aromatic N) is 1. The molecule has 0 spiro atoms. The predicted octanol–water partition coefficient (Wildman–Crippen LogP) is 1.75. The molecule has 1 aromatic carbocycles. The second-order valence-electron chi connectivity index (χ2n) is 5.92. The number of carbonyl (C=O) groups excluding carboxylic acids is 1. The zero-order valence-electron chi connectivity index (χ0n) is 13.5. The Morgan fingerprint density at radius 1 is 1.28 bits per heavy atom. The number of ether oxygens (including phenoxy) is 4. The van der Waals surface area contributed by atoms with Crippen LogP contribution in [0.15, 0.2) is 28.8 Å². The van der Waals surface area contributed by atoms with Gasteiger partial charge in [0.05, 0.1) is 6.61 Å². The zero-order valence-corrected chi connectivity index (χ0v) is 13.5. The van der Waals surface area contributed by atoms with E-state index < -0.39 is 0 Å². The molecule has 8 heteroatoms. The molecule has 3 heterocycles. The molecule has 1 amide bonds. The maximum absolute atomic E-state index is 12.1. The van der Waals surface area contributed by atoms with Crippen LogP contribution in [0.3, 0.4) is 0 Å². The topological polar surface area (TPSA) is 92.1 Å². The molecule has 1 unspecified atom stereocenters. The maximum atomic E-state index is 12.1. The Labute approximate surface area is 144 Å². The lowest BCUT2D eigenvalue weighted by Gasteiger charge is -2.07. The maximum Gasteiger partial charge on any atom is 0.273 e. The Hall–Kier alpha value is -2.74. The van der Waals surface area contributed by atoms with Crippen LogP contribution in [-0.4, -0.2) is 37.6 Å². The predicted molar refractivity (Wildman–Crippen MR) is 84.7 cm³/mol.